The third kappa shape index (κ3) is 2.63. The van der Waals surface area contributed by atoms with Gasteiger partial charge in [-0.1, -0.05) is 0 Å². The van der Waals surface area contributed by atoms with Crippen LogP contribution in [0.1, 0.15) is 42.0 Å². The van der Waals surface area contributed by atoms with Crippen molar-refractivity contribution >= 4 is 5.91 Å². The molecule has 0 spiro atoms. The van der Waals surface area contributed by atoms with Crippen LogP contribution in [0.5, 0.6) is 11.5 Å². The van der Waals surface area contributed by atoms with E-state index >= 15 is 0 Å². The molecule has 0 bridgehead atoms. The van der Waals surface area contributed by atoms with Crippen molar-refractivity contribution in [2.45, 2.75) is 64.9 Å². The molecule has 1 unspecified atom stereocenters. The van der Waals surface area contributed by atoms with Crippen LogP contribution < -0.4 is 10.1 Å². The molecule has 24 heavy (non-hydrogen) atoms. The number of hydrogen-bond acceptors (Lipinski definition) is 5. The van der Waals surface area contributed by atoms with Gasteiger partial charge in [-0.2, -0.15) is 0 Å². The van der Waals surface area contributed by atoms with Crippen molar-refractivity contribution in [3.8, 4) is 11.5 Å². The van der Waals surface area contributed by atoms with Gasteiger partial charge in [-0.05, 0) is 57.2 Å². The third-order valence-corrected chi connectivity index (χ3v) is 5.38. The summed E-state index contributed by atoms with van der Waals surface area (Å²) in [6.07, 6.45) is 0.795. The second-order valence-electron chi connectivity index (χ2n) is 6.99. The maximum atomic E-state index is 12.7. The zero-order chi connectivity index (χ0) is 17.6. The summed E-state index contributed by atoms with van der Waals surface area (Å²) in [7, 11) is 0. The molecule has 3 N–H and O–H groups in total. The van der Waals surface area contributed by atoms with Crippen LogP contribution in [0, 0.1) is 20.8 Å². The van der Waals surface area contributed by atoms with Gasteiger partial charge in [-0.3, -0.25) is 4.79 Å². The van der Waals surface area contributed by atoms with Gasteiger partial charge in [0.15, 0.2) is 11.9 Å². The number of aliphatic hydroxyl groups is 1. The fourth-order valence-corrected chi connectivity index (χ4v) is 3.45. The monoisotopic (exact) mass is 335 g/mol. The zero-order valence-electron chi connectivity index (χ0n) is 14.6. The van der Waals surface area contributed by atoms with Crippen molar-refractivity contribution in [2.75, 3.05) is 6.61 Å². The van der Waals surface area contributed by atoms with E-state index in [1.807, 2.05) is 20.8 Å². The minimum absolute atomic E-state index is 0.245. The van der Waals surface area contributed by atoms with Gasteiger partial charge in [0, 0.05) is 12.0 Å². The van der Waals surface area contributed by atoms with E-state index in [1.54, 1.807) is 6.92 Å². The summed E-state index contributed by atoms with van der Waals surface area (Å²) in [5, 5.41) is 22.8. The first-order chi connectivity index (χ1) is 11.2. The van der Waals surface area contributed by atoms with E-state index in [2.05, 4.69) is 5.32 Å². The van der Waals surface area contributed by atoms with Gasteiger partial charge < -0.3 is 25.0 Å². The Hall–Kier alpha value is -1.79. The Balaban J connectivity index is 1.87. The van der Waals surface area contributed by atoms with E-state index in [0.29, 0.717) is 37.4 Å². The number of benzene rings is 1. The minimum atomic E-state index is -1.00. The summed E-state index contributed by atoms with van der Waals surface area (Å²) in [4.78, 5) is 12.7. The van der Waals surface area contributed by atoms with Gasteiger partial charge >= 0.3 is 0 Å². The summed E-state index contributed by atoms with van der Waals surface area (Å²) in [6.45, 7) is 7.82. The number of ether oxygens (including phenoxy) is 2. The van der Waals surface area contributed by atoms with Gasteiger partial charge in [0.05, 0.1) is 12.6 Å². The van der Waals surface area contributed by atoms with Gasteiger partial charge in [0.1, 0.15) is 11.5 Å². The van der Waals surface area contributed by atoms with E-state index in [0.717, 1.165) is 22.3 Å². The molecular weight excluding hydrogens is 310 g/mol. The maximum Gasteiger partial charge on any atom is 0.264 e. The summed E-state index contributed by atoms with van der Waals surface area (Å²) >= 11 is 0. The molecule has 2 aliphatic heterocycles. The van der Waals surface area contributed by atoms with Crippen LogP contribution in [0.15, 0.2) is 0 Å². The van der Waals surface area contributed by atoms with E-state index < -0.39 is 17.9 Å². The summed E-state index contributed by atoms with van der Waals surface area (Å²) < 4.78 is 11.2. The number of rotatable bonds is 2. The van der Waals surface area contributed by atoms with Crippen molar-refractivity contribution in [2.24, 2.45) is 0 Å². The van der Waals surface area contributed by atoms with Crippen molar-refractivity contribution in [3.05, 3.63) is 22.3 Å². The number of aromatic hydroxyl groups is 1. The number of phenols is 1. The molecule has 1 amide bonds. The lowest BCUT2D eigenvalue weighted by Gasteiger charge is -2.37. The van der Waals surface area contributed by atoms with Crippen molar-refractivity contribution in [1.29, 1.82) is 0 Å². The highest BCUT2D eigenvalue weighted by Crippen LogP contribution is 2.43. The highest BCUT2D eigenvalue weighted by Gasteiger charge is 2.42. The van der Waals surface area contributed by atoms with E-state index in [9.17, 15) is 15.0 Å². The van der Waals surface area contributed by atoms with Crippen LogP contribution in [-0.4, -0.2) is 40.7 Å². The van der Waals surface area contributed by atoms with Gasteiger partial charge in [-0.25, -0.2) is 0 Å². The molecule has 0 saturated carbocycles. The summed E-state index contributed by atoms with van der Waals surface area (Å²) in [5.41, 5.74) is 2.41. The van der Waals surface area contributed by atoms with Crippen molar-refractivity contribution < 1.29 is 24.5 Å². The first-order valence-electron chi connectivity index (χ1n) is 8.36. The van der Waals surface area contributed by atoms with E-state index in [4.69, 9.17) is 9.47 Å². The average Bonchev–Trinajstić information content (AvgIpc) is 2.95. The number of hydrogen-bond donors (Lipinski definition) is 3. The molecule has 3 atom stereocenters. The lowest BCUT2D eigenvalue weighted by molar-refractivity contribution is -0.140. The molecule has 0 aromatic heterocycles. The molecule has 0 radical (unpaired) electrons. The Morgan fingerprint density at radius 1 is 1.25 bits per heavy atom. The number of fused-ring (bicyclic) bond motifs is 1. The molecule has 6 heteroatoms. The topological polar surface area (TPSA) is 88.0 Å². The second-order valence-corrected chi connectivity index (χ2v) is 6.99. The first-order valence-corrected chi connectivity index (χ1v) is 8.36. The minimum Gasteiger partial charge on any atom is -0.507 e. The molecule has 0 aliphatic carbocycles. The first kappa shape index (κ1) is 17.0. The van der Waals surface area contributed by atoms with E-state index in [1.165, 1.54) is 0 Å². The molecule has 1 saturated heterocycles. The SMILES string of the molecule is Cc1c(C)c2c(c(C)c1O)CC[C@@](C)(C(=O)N[C@H]1CCOC1O)O2. The molecule has 2 heterocycles. The normalized spacial score (nSPS) is 29.0. The summed E-state index contributed by atoms with van der Waals surface area (Å²) in [6, 6.07) is -0.399. The average molecular weight is 335 g/mol. The van der Waals surface area contributed by atoms with Crippen LogP contribution in [0.2, 0.25) is 0 Å². The Morgan fingerprint density at radius 3 is 2.58 bits per heavy atom. The smallest absolute Gasteiger partial charge is 0.264 e. The second kappa shape index (κ2) is 5.93. The number of carbonyl (C=O) groups excluding carboxylic acids is 1. The van der Waals surface area contributed by atoms with Gasteiger partial charge in [0.25, 0.3) is 5.91 Å². The lowest BCUT2D eigenvalue weighted by Crippen LogP contribution is -2.55. The fourth-order valence-electron chi connectivity index (χ4n) is 3.45. The van der Waals surface area contributed by atoms with Gasteiger partial charge in [-0.15, -0.1) is 0 Å². The van der Waals surface area contributed by atoms with Gasteiger partial charge in [0.2, 0.25) is 0 Å². The Bertz CT molecular complexity index is 687. The number of nitrogens with one attached hydrogen (secondary N) is 1. The Morgan fingerprint density at radius 2 is 1.96 bits per heavy atom. The highest BCUT2D eigenvalue weighted by atomic mass is 16.6. The molecule has 1 aromatic carbocycles. The van der Waals surface area contributed by atoms with Crippen LogP contribution in [-0.2, 0) is 16.0 Å². The largest absolute Gasteiger partial charge is 0.507 e. The van der Waals surface area contributed by atoms with Crippen LogP contribution in [0.25, 0.3) is 0 Å². The lowest BCUT2D eigenvalue weighted by atomic mass is 9.86. The Kier molecular flexibility index (Phi) is 4.21. The molecule has 2 aliphatic rings. The number of carbonyl (C=O) groups is 1. The standard InChI is InChI=1S/C18H25NO5/c1-9-10(2)15-12(11(3)14(9)20)5-7-18(4,24-15)17(22)19-13-6-8-23-16(13)21/h13,16,20-21H,5-8H2,1-4H3,(H,19,22)/t13-,16?,18-/m0/s1. The molecule has 3 rings (SSSR count). The predicted octanol–water partition coefficient (Wildman–Crippen LogP) is 1.62. The van der Waals surface area contributed by atoms with Crippen LogP contribution in [0.4, 0.5) is 0 Å². The zero-order valence-corrected chi connectivity index (χ0v) is 14.6. The van der Waals surface area contributed by atoms with Crippen LogP contribution >= 0.6 is 0 Å². The summed E-state index contributed by atoms with van der Waals surface area (Å²) in [5.74, 6) is 0.745. The van der Waals surface area contributed by atoms with Crippen molar-refractivity contribution in [1.82, 2.24) is 5.32 Å². The maximum absolute atomic E-state index is 12.7. The Labute approximate surface area is 141 Å². The van der Waals surface area contributed by atoms with Crippen molar-refractivity contribution in [3.63, 3.8) is 0 Å². The molecular formula is C18H25NO5. The molecule has 6 nitrogen and oxygen atoms in total. The number of amides is 1. The predicted molar refractivity (Wildman–Crippen MR) is 88.2 cm³/mol. The van der Waals surface area contributed by atoms with Crippen LogP contribution in [0.3, 0.4) is 0 Å². The van der Waals surface area contributed by atoms with E-state index in [-0.39, 0.29) is 5.91 Å². The fraction of sp³-hybridized carbons (Fsp3) is 0.611. The quantitative estimate of drug-likeness (QED) is 0.764. The molecule has 1 aromatic rings. The number of phenolic OH excluding ortho intramolecular Hbond substituents is 1. The molecule has 1 fully saturated rings. The molecule has 132 valence electrons. The third-order valence-electron chi connectivity index (χ3n) is 5.38. The highest BCUT2D eigenvalue weighted by molar-refractivity contribution is 5.86. The number of aliphatic hydroxyl groups excluding tert-OH is 1.